The first-order valence-electron chi connectivity index (χ1n) is 7.99. The number of hydrogen-bond acceptors (Lipinski definition) is 6. The van der Waals surface area contributed by atoms with Crippen LogP contribution in [0.25, 0.3) is 0 Å². The van der Waals surface area contributed by atoms with E-state index in [9.17, 15) is 14.7 Å². The summed E-state index contributed by atoms with van der Waals surface area (Å²) in [5.74, 6) is -0.201. The number of ether oxygens (including phenoxy) is 2. The summed E-state index contributed by atoms with van der Waals surface area (Å²) in [7, 11) is 0. The number of phenolic OH excluding ortho intramolecular Hbond substituents is 1. The molecule has 2 aromatic carbocycles. The molecule has 1 amide bonds. The lowest BCUT2D eigenvalue weighted by molar-refractivity contribution is -0.149. The number of rotatable bonds is 7. The number of amides is 1. The van der Waals surface area contributed by atoms with Crippen molar-refractivity contribution in [3.63, 3.8) is 0 Å². The zero-order chi connectivity index (χ0) is 18.9. The Labute approximate surface area is 151 Å². The Morgan fingerprint density at radius 1 is 1.12 bits per heavy atom. The summed E-state index contributed by atoms with van der Waals surface area (Å²) >= 11 is 0. The van der Waals surface area contributed by atoms with Crippen molar-refractivity contribution in [3.05, 3.63) is 59.7 Å². The van der Waals surface area contributed by atoms with Crippen molar-refractivity contribution < 1.29 is 24.2 Å². The first kappa shape index (κ1) is 19.0. The summed E-state index contributed by atoms with van der Waals surface area (Å²) in [5.41, 5.74) is 3.53. The van der Waals surface area contributed by atoms with Gasteiger partial charge in [-0.2, -0.15) is 5.10 Å². The summed E-state index contributed by atoms with van der Waals surface area (Å²) in [6.45, 7) is 3.38. The molecular weight excluding hydrogens is 336 g/mol. The Morgan fingerprint density at radius 3 is 2.38 bits per heavy atom. The highest BCUT2D eigenvalue weighted by atomic mass is 16.6. The van der Waals surface area contributed by atoms with Gasteiger partial charge in [0.15, 0.2) is 6.61 Å². The summed E-state index contributed by atoms with van der Waals surface area (Å²) < 4.78 is 10.3. The van der Waals surface area contributed by atoms with Crippen molar-refractivity contribution in [2.45, 2.75) is 20.0 Å². The lowest BCUT2D eigenvalue weighted by Gasteiger charge is -2.09. The highest BCUT2D eigenvalue weighted by Gasteiger charge is 2.06. The van der Waals surface area contributed by atoms with Gasteiger partial charge in [0.1, 0.15) is 11.5 Å². The van der Waals surface area contributed by atoms with E-state index in [4.69, 9.17) is 9.47 Å². The first-order chi connectivity index (χ1) is 12.4. The number of phenols is 1. The Morgan fingerprint density at radius 2 is 1.77 bits per heavy atom. The van der Waals surface area contributed by atoms with Gasteiger partial charge in [0.2, 0.25) is 0 Å². The van der Waals surface area contributed by atoms with Gasteiger partial charge in [-0.05, 0) is 67.9 Å². The number of carbonyl (C=O) groups excluding carboxylic acids is 2. The lowest BCUT2D eigenvalue weighted by Crippen LogP contribution is -2.18. The van der Waals surface area contributed by atoms with Crippen molar-refractivity contribution in [2.24, 2.45) is 5.10 Å². The van der Waals surface area contributed by atoms with Gasteiger partial charge in [0.05, 0.1) is 12.3 Å². The third kappa shape index (κ3) is 6.27. The van der Waals surface area contributed by atoms with Crippen LogP contribution in [0.1, 0.15) is 29.8 Å². The van der Waals surface area contributed by atoms with Gasteiger partial charge in [-0.25, -0.2) is 10.2 Å². The van der Waals surface area contributed by atoms with Gasteiger partial charge < -0.3 is 14.6 Å². The summed E-state index contributed by atoms with van der Waals surface area (Å²) in [5, 5.41) is 13.1. The zero-order valence-electron chi connectivity index (χ0n) is 14.5. The molecular formula is C19H20N2O5. The molecule has 0 saturated carbocycles. The second-order valence-electron chi connectivity index (χ2n) is 5.64. The Balaban J connectivity index is 1.82. The molecule has 0 saturated heterocycles. The second kappa shape index (κ2) is 9.22. The molecule has 0 aromatic heterocycles. The Kier molecular flexibility index (Phi) is 6.73. The van der Waals surface area contributed by atoms with Gasteiger partial charge in [-0.3, -0.25) is 4.79 Å². The van der Waals surface area contributed by atoms with E-state index in [0.717, 1.165) is 5.56 Å². The maximum atomic E-state index is 11.9. The number of carbonyl (C=O) groups is 2. The van der Waals surface area contributed by atoms with Gasteiger partial charge in [0.25, 0.3) is 5.91 Å². The zero-order valence-corrected chi connectivity index (χ0v) is 14.5. The third-order valence-electron chi connectivity index (χ3n) is 3.11. The molecule has 0 atom stereocenters. The SMILES string of the molecule is CC(C)OC(=O)COc1ccc(/C=N\NC(=O)c2ccc(O)cc2)cc1. The van der Waals surface area contributed by atoms with Crippen molar-refractivity contribution in [1.82, 2.24) is 5.43 Å². The van der Waals surface area contributed by atoms with Crippen LogP contribution in [0.5, 0.6) is 11.5 Å². The second-order valence-corrected chi connectivity index (χ2v) is 5.64. The van der Waals surface area contributed by atoms with Crippen molar-refractivity contribution in [1.29, 1.82) is 0 Å². The number of hydrogen-bond donors (Lipinski definition) is 2. The number of nitrogens with one attached hydrogen (secondary N) is 1. The minimum absolute atomic E-state index is 0.0878. The van der Waals surface area contributed by atoms with Crippen LogP contribution in [0.4, 0.5) is 0 Å². The van der Waals surface area contributed by atoms with E-state index >= 15 is 0 Å². The molecule has 0 aliphatic heterocycles. The molecule has 0 unspecified atom stereocenters. The molecule has 2 aromatic rings. The standard InChI is InChI=1S/C19H20N2O5/c1-13(2)26-18(23)12-25-17-9-3-14(4-10-17)11-20-21-19(24)15-5-7-16(22)8-6-15/h3-11,13,22H,12H2,1-2H3,(H,21,24)/b20-11-. The molecule has 7 nitrogen and oxygen atoms in total. The van der Waals surface area contributed by atoms with E-state index in [1.807, 2.05) is 0 Å². The number of nitrogens with zero attached hydrogens (tertiary/aromatic N) is 1. The van der Waals surface area contributed by atoms with E-state index in [2.05, 4.69) is 10.5 Å². The topological polar surface area (TPSA) is 97.2 Å². The van der Waals surface area contributed by atoms with E-state index in [0.29, 0.717) is 11.3 Å². The first-order valence-corrected chi connectivity index (χ1v) is 7.99. The summed E-state index contributed by atoms with van der Waals surface area (Å²) in [4.78, 5) is 23.3. The van der Waals surface area contributed by atoms with Crippen molar-refractivity contribution >= 4 is 18.1 Å². The van der Waals surface area contributed by atoms with Crippen LogP contribution in [0.3, 0.4) is 0 Å². The van der Waals surface area contributed by atoms with E-state index < -0.39 is 5.97 Å². The van der Waals surface area contributed by atoms with Gasteiger partial charge in [-0.15, -0.1) is 0 Å². The summed E-state index contributed by atoms with van der Waals surface area (Å²) in [6, 6.07) is 12.7. The Bertz CT molecular complexity index is 768. The molecule has 0 bridgehead atoms. The molecule has 0 spiro atoms. The van der Waals surface area contributed by atoms with Crippen molar-refractivity contribution in [2.75, 3.05) is 6.61 Å². The average Bonchev–Trinajstić information content (AvgIpc) is 2.61. The smallest absolute Gasteiger partial charge is 0.344 e. The molecule has 0 fully saturated rings. The van der Waals surface area contributed by atoms with Crippen molar-refractivity contribution in [3.8, 4) is 11.5 Å². The number of aromatic hydroxyl groups is 1. The molecule has 7 heteroatoms. The molecule has 2 rings (SSSR count). The van der Waals surface area contributed by atoms with Gasteiger partial charge in [0, 0.05) is 5.56 Å². The predicted molar refractivity (Wildman–Crippen MR) is 96.3 cm³/mol. The van der Waals surface area contributed by atoms with Gasteiger partial charge in [-0.1, -0.05) is 0 Å². The van der Waals surface area contributed by atoms with Crippen LogP contribution < -0.4 is 10.2 Å². The highest BCUT2D eigenvalue weighted by molar-refractivity contribution is 5.95. The van der Waals surface area contributed by atoms with Crippen LogP contribution in [0, 0.1) is 0 Å². The normalized spacial score (nSPS) is 10.7. The fourth-order valence-corrected chi connectivity index (χ4v) is 1.93. The minimum atomic E-state index is -0.428. The number of hydrazone groups is 1. The monoisotopic (exact) mass is 356 g/mol. The van der Waals surface area contributed by atoms with E-state index in [1.165, 1.54) is 30.5 Å². The molecule has 2 N–H and O–H groups in total. The molecule has 26 heavy (non-hydrogen) atoms. The highest BCUT2D eigenvalue weighted by Crippen LogP contribution is 2.11. The van der Waals surface area contributed by atoms with Gasteiger partial charge >= 0.3 is 5.97 Å². The maximum absolute atomic E-state index is 11.9. The predicted octanol–water partition coefficient (Wildman–Crippen LogP) is 2.49. The summed E-state index contributed by atoms with van der Waals surface area (Å²) in [6.07, 6.45) is 1.30. The third-order valence-corrected chi connectivity index (χ3v) is 3.11. The van der Waals surface area contributed by atoms with Crippen LogP contribution in [-0.2, 0) is 9.53 Å². The molecule has 0 heterocycles. The van der Waals surface area contributed by atoms with E-state index in [-0.39, 0.29) is 24.4 Å². The van der Waals surface area contributed by atoms with E-state index in [1.54, 1.807) is 38.1 Å². The largest absolute Gasteiger partial charge is 0.508 e. The van der Waals surface area contributed by atoms with Crippen LogP contribution in [-0.4, -0.2) is 35.9 Å². The van der Waals surface area contributed by atoms with Crippen LogP contribution >= 0.6 is 0 Å². The minimum Gasteiger partial charge on any atom is -0.508 e. The quantitative estimate of drug-likeness (QED) is 0.451. The molecule has 136 valence electrons. The molecule has 0 radical (unpaired) electrons. The Hall–Kier alpha value is -3.35. The number of esters is 1. The molecule has 0 aliphatic rings. The fourth-order valence-electron chi connectivity index (χ4n) is 1.93. The maximum Gasteiger partial charge on any atom is 0.344 e. The van der Waals surface area contributed by atoms with Crippen LogP contribution in [0.15, 0.2) is 53.6 Å². The average molecular weight is 356 g/mol. The molecule has 0 aliphatic carbocycles. The number of benzene rings is 2. The lowest BCUT2D eigenvalue weighted by atomic mass is 10.2. The fraction of sp³-hybridized carbons (Fsp3) is 0.211. The van der Waals surface area contributed by atoms with Crippen LogP contribution in [0.2, 0.25) is 0 Å².